The van der Waals surface area contributed by atoms with Crippen LogP contribution in [0.4, 0.5) is 21.6 Å². The number of carbonyl (C=O) groups is 1. The number of amides is 1. The predicted octanol–water partition coefficient (Wildman–Crippen LogP) is 1.71. The molecule has 1 heterocycles. The molecule has 0 unspecified atom stereocenters. The number of piperazine rings is 1. The molecular weight excluding hydrogens is 590 g/mol. The second kappa shape index (κ2) is 12.7. The minimum atomic E-state index is -5.51. The van der Waals surface area contributed by atoms with Crippen LogP contribution in [0.3, 0.4) is 0 Å². The van der Waals surface area contributed by atoms with Crippen LogP contribution in [0.25, 0.3) is 11.1 Å². The maximum absolute atomic E-state index is 13.6. The summed E-state index contributed by atoms with van der Waals surface area (Å²) >= 11 is 0. The quantitative estimate of drug-likeness (QED) is 0.229. The van der Waals surface area contributed by atoms with Gasteiger partial charge in [-0.05, 0) is 46.4 Å². The summed E-state index contributed by atoms with van der Waals surface area (Å²) in [6.45, 7) is -2.97. The van der Waals surface area contributed by atoms with Gasteiger partial charge < -0.3 is 26.8 Å². The van der Waals surface area contributed by atoms with Crippen molar-refractivity contribution in [3.05, 3.63) is 82.9 Å². The molecule has 0 aromatic heterocycles. The fraction of sp³-hybridized carbons (Fsp3) is 0.296. The van der Waals surface area contributed by atoms with Gasteiger partial charge in [0.25, 0.3) is 0 Å². The number of fused-ring (bicyclic) bond motifs is 3. The van der Waals surface area contributed by atoms with Gasteiger partial charge in [-0.1, -0.05) is 58.5 Å². The molecule has 2 aliphatic rings. The van der Waals surface area contributed by atoms with Crippen molar-refractivity contribution in [2.45, 2.75) is 19.4 Å². The first-order valence-corrected chi connectivity index (χ1v) is 14.0. The topological polar surface area (TPSA) is 76.2 Å². The van der Waals surface area contributed by atoms with E-state index in [4.69, 9.17) is 4.74 Å². The van der Waals surface area contributed by atoms with Crippen LogP contribution in [0.1, 0.15) is 28.2 Å². The molecule has 3 aromatic carbocycles. The van der Waals surface area contributed by atoms with E-state index in [2.05, 4.69) is 4.18 Å². The van der Waals surface area contributed by atoms with Gasteiger partial charge >= 0.3 is 75.0 Å². The normalized spacial score (nSPS) is 15.6. The van der Waals surface area contributed by atoms with Crippen molar-refractivity contribution < 1.29 is 90.3 Å². The third-order valence-electron chi connectivity index (χ3n) is 7.37. The van der Waals surface area contributed by atoms with Gasteiger partial charge in [0.05, 0.1) is 0 Å². The minimum absolute atomic E-state index is 0. The molecule has 1 aliphatic carbocycles. The van der Waals surface area contributed by atoms with Crippen LogP contribution in [-0.2, 0) is 21.8 Å². The fourth-order valence-electron chi connectivity index (χ4n) is 5.43. The van der Waals surface area contributed by atoms with Gasteiger partial charge in [0.2, 0.25) is 0 Å². The molecule has 0 N–H and O–H groups in total. The number of hydrogen-bond acceptors (Lipinski definition) is 6. The van der Waals surface area contributed by atoms with E-state index in [0.29, 0.717) is 26.2 Å². The Labute approximate surface area is 278 Å². The van der Waals surface area contributed by atoms with E-state index < -0.39 is 40.4 Å². The fourth-order valence-corrected chi connectivity index (χ4v) is 5.81. The molecule has 212 valence electrons. The molecule has 41 heavy (non-hydrogen) atoms. The summed E-state index contributed by atoms with van der Waals surface area (Å²) < 4.78 is 85.7. The molecule has 1 amide bonds. The summed E-state index contributed by atoms with van der Waals surface area (Å²) in [4.78, 5) is 16.2. The van der Waals surface area contributed by atoms with Crippen LogP contribution < -0.4 is 61.0 Å². The van der Waals surface area contributed by atoms with E-state index in [-0.39, 0.29) is 76.0 Å². The van der Waals surface area contributed by atoms with Crippen molar-refractivity contribution in [3.8, 4) is 16.9 Å². The molecule has 1 aliphatic heterocycles. The zero-order chi connectivity index (χ0) is 28.7. The van der Waals surface area contributed by atoms with E-state index in [9.17, 15) is 30.0 Å². The molecule has 14 heteroatoms. The summed E-state index contributed by atoms with van der Waals surface area (Å²) in [5, 5.41) is 0. The average molecular weight is 616 g/mol. The number of hydrogen-bond donors (Lipinski definition) is 0. The average Bonchev–Trinajstić information content (AvgIpc) is 3.21. The van der Waals surface area contributed by atoms with Crippen molar-refractivity contribution >= 4 is 29.0 Å². The summed E-state index contributed by atoms with van der Waals surface area (Å²) in [5.41, 5.74) is 3.01. The molecule has 0 saturated carbocycles. The second-order valence-corrected chi connectivity index (χ2v) is 10.9. The van der Waals surface area contributed by atoms with Crippen molar-refractivity contribution in [3.63, 3.8) is 0 Å². The summed E-state index contributed by atoms with van der Waals surface area (Å²) in [7, 11) is -5.51. The van der Waals surface area contributed by atoms with Gasteiger partial charge in [0, 0.05) is 38.6 Å². The number of carbonyl (C=O) groups excluding carboxylic acids is 1. The van der Waals surface area contributed by atoms with Crippen molar-refractivity contribution in [1.82, 2.24) is 9.80 Å². The third kappa shape index (κ3) is 7.35. The Morgan fingerprint density at radius 1 is 0.951 bits per heavy atom. The first kappa shape index (κ1) is 32.0. The van der Waals surface area contributed by atoms with Gasteiger partial charge in [0.1, 0.15) is 12.4 Å². The van der Waals surface area contributed by atoms with Gasteiger partial charge in [-0.15, -0.1) is 5.46 Å². The SMILES string of the molecule is Cc1c(OS(=O)(=O)F)cc(CN2CCN(C(=O)OCC3c4ccccc4-c4ccccc43)CC2)cc1[B-](F)(F)F.[K+]. The molecule has 1 saturated heterocycles. The second-order valence-electron chi connectivity index (χ2n) is 9.93. The van der Waals surface area contributed by atoms with Gasteiger partial charge in [-0.3, -0.25) is 4.90 Å². The molecule has 0 bridgehead atoms. The number of nitrogens with zero attached hydrogens (tertiary/aromatic N) is 2. The smallest absolute Gasteiger partial charge is 0.448 e. The Morgan fingerprint density at radius 2 is 1.51 bits per heavy atom. The number of rotatable bonds is 7. The van der Waals surface area contributed by atoms with E-state index in [1.54, 1.807) is 4.90 Å². The number of ether oxygens (including phenoxy) is 1. The molecule has 0 radical (unpaired) electrons. The maximum Gasteiger partial charge on any atom is 1.00 e. The Bertz CT molecular complexity index is 1500. The van der Waals surface area contributed by atoms with E-state index in [1.807, 2.05) is 53.4 Å². The Balaban J connectivity index is 0.00000387. The molecule has 7 nitrogen and oxygen atoms in total. The summed E-state index contributed by atoms with van der Waals surface area (Å²) in [6.07, 6.45) is -0.470. The first-order chi connectivity index (χ1) is 18.9. The minimum Gasteiger partial charge on any atom is -0.448 e. The van der Waals surface area contributed by atoms with E-state index in [0.717, 1.165) is 41.3 Å². The first-order valence-electron chi connectivity index (χ1n) is 12.7. The van der Waals surface area contributed by atoms with Crippen LogP contribution in [-0.4, -0.2) is 64.1 Å². The van der Waals surface area contributed by atoms with Gasteiger partial charge in [0.15, 0.2) is 0 Å². The molecule has 3 aromatic rings. The zero-order valence-corrected chi connectivity index (χ0v) is 26.5. The van der Waals surface area contributed by atoms with E-state index >= 15 is 0 Å². The molecule has 0 spiro atoms. The van der Waals surface area contributed by atoms with Crippen molar-refractivity contribution in [2.75, 3.05) is 32.8 Å². The third-order valence-corrected chi connectivity index (χ3v) is 7.75. The Morgan fingerprint density at radius 3 is 2.05 bits per heavy atom. The predicted molar refractivity (Wildman–Crippen MR) is 142 cm³/mol. The summed E-state index contributed by atoms with van der Waals surface area (Å²) in [5.74, 6) is -0.778. The number of halogens is 4. The van der Waals surface area contributed by atoms with Crippen LogP contribution in [0, 0.1) is 6.92 Å². The number of benzene rings is 3. The largest absolute Gasteiger partial charge is 1.00 e. The maximum atomic E-state index is 13.6. The van der Waals surface area contributed by atoms with Crippen LogP contribution in [0.15, 0.2) is 60.7 Å². The zero-order valence-electron chi connectivity index (χ0n) is 22.5. The summed E-state index contributed by atoms with van der Waals surface area (Å²) in [6, 6.07) is 18.0. The standard InChI is InChI=1S/C27H26BF4N2O5S.K/c1-18-25(28(29,30)31)14-19(15-26(18)39-40(32,36)37)16-33-10-12-34(13-11-33)27(35)38-17-24-22-8-4-2-6-20(22)21-7-3-5-9-23(21)24;/h2-9,14-15,24H,10-13,16-17H2,1H3;/q-1;+1. The van der Waals surface area contributed by atoms with Crippen molar-refractivity contribution in [1.29, 1.82) is 0 Å². The van der Waals surface area contributed by atoms with Gasteiger partial charge in [-0.2, -0.15) is 8.42 Å². The van der Waals surface area contributed by atoms with Crippen molar-refractivity contribution in [2.24, 2.45) is 0 Å². The van der Waals surface area contributed by atoms with Crippen LogP contribution in [0.2, 0.25) is 0 Å². The molecule has 5 rings (SSSR count). The molecule has 1 fully saturated rings. The molecular formula is C27H26BF4KN2O5S. The van der Waals surface area contributed by atoms with E-state index in [1.165, 1.54) is 0 Å². The Hall–Kier alpha value is -1.94. The van der Waals surface area contributed by atoms with Crippen LogP contribution in [0.5, 0.6) is 5.75 Å². The van der Waals surface area contributed by atoms with Gasteiger partial charge in [-0.25, -0.2) is 4.79 Å². The van der Waals surface area contributed by atoms with Crippen LogP contribution >= 0.6 is 0 Å². The Kier molecular flexibility index (Phi) is 9.94. The molecule has 0 atom stereocenters. The monoisotopic (exact) mass is 616 g/mol.